The van der Waals surface area contributed by atoms with Gasteiger partial charge in [-0.05, 0) is 86.9 Å². The zero-order valence-electron chi connectivity index (χ0n) is 16.8. The Hall–Kier alpha value is -2.66. The zero-order valence-corrected chi connectivity index (χ0v) is 17.6. The van der Waals surface area contributed by atoms with E-state index in [1.807, 2.05) is 18.3 Å². The minimum Gasteiger partial charge on any atom is -0.351 e. The van der Waals surface area contributed by atoms with E-state index < -0.39 is 0 Å². The molecule has 0 bridgehead atoms. The van der Waals surface area contributed by atoms with E-state index in [0.717, 1.165) is 16.5 Å². The van der Waals surface area contributed by atoms with Crippen LogP contribution in [0.3, 0.4) is 0 Å². The number of thiocarbonyl (C=S) groups is 1. The number of nitrogens with zero attached hydrogens (tertiary/aromatic N) is 3. The summed E-state index contributed by atoms with van der Waals surface area (Å²) < 4.78 is 2.24. The number of rotatable bonds is 4. The Morgan fingerprint density at radius 1 is 1.07 bits per heavy atom. The molecule has 1 fully saturated rings. The summed E-state index contributed by atoms with van der Waals surface area (Å²) in [5.74, 6) is 0. The number of hydrogen-bond acceptors (Lipinski definition) is 2. The molecule has 1 saturated heterocycles. The molecule has 2 aromatic heterocycles. The normalized spacial score (nSPS) is 19.3. The zero-order chi connectivity index (χ0) is 19.8. The summed E-state index contributed by atoms with van der Waals surface area (Å²) in [7, 11) is 0. The first-order chi connectivity index (χ1) is 13.4. The average molecular weight is 391 g/mol. The van der Waals surface area contributed by atoms with Crippen molar-refractivity contribution in [1.82, 2.24) is 14.9 Å². The van der Waals surface area contributed by atoms with Crippen LogP contribution in [0.5, 0.6) is 0 Å². The fourth-order valence-corrected chi connectivity index (χ4v) is 4.33. The van der Waals surface area contributed by atoms with Crippen molar-refractivity contribution in [2.45, 2.75) is 45.8 Å². The van der Waals surface area contributed by atoms with Crippen molar-refractivity contribution in [3.05, 3.63) is 83.4 Å². The van der Waals surface area contributed by atoms with Gasteiger partial charge in [0.15, 0.2) is 5.11 Å². The van der Waals surface area contributed by atoms with Crippen LogP contribution in [-0.4, -0.2) is 14.7 Å². The molecule has 5 heteroatoms. The van der Waals surface area contributed by atoms with E-state index in [1.54, 1.807) is 0 Å². The Labute approximate surface area is 172 Å². The second-order valence-electron chi connectivity index (χ2n) is 7.83. The molecule has 1 aliphatic rings. The maximum Gasteiger partial charge on any atom is 0.174 e. The lowest BCUT2D eigenvalue weighted by Crippen LogP contribution is -2.29. The molecule has 1 aliphatic heterocycles. The molecule has 4 nitrogen and oxygen atoms in total. The maximum atomic E-state index is 5.80. The van der Waals surface area contributed by atoms with Crippen molar-refractivity contribution in [3.8, 4) is 0 Å². The largest absolute Gasteiger partial charge is 0.351 e. The highest BCUT2D eigenvalue weighted by Gasteiger charge is 2.41. The first-order valence-corrected chi connectivity index (χ1v) is 10.1. The lowest BCUT2D eigenvalue weighted by molar-refractivity contribution is 0.560. The number of hydrogen-bond donors (Lipinski definition) is 1. The Balaban J connectivity index is 1.84. The van der Waals surface area contributed by atoms with E-state index in [1.165, 1.54) is 16.7 Å². The van der Waals surface area contributed by atoms with Crippen molar-refractivity contribution >= 4 is 23.0 Å². The Morgan fingerprint density at radius 3 is 2.43 bits per heavy atom. The molecule has 2 unspecified atom stereocenters. The molecule has 2 atom stereocenters. The SMILES string of the molecule is Cc1cc(C)cc(N2C(=S)NC(c3ccccn3)C2c2ccn(C(C)C)c2)c1. The quantitative estimate of drug-likeness (QED) is 0.616. The molecular weight excluding hydrogens is 364 g/mol. The van der Waals surface area contributed by atoms with Gasteiger partial charge in [-0.3, -0.25) is 4.98 Å². The van der Waals surface area contributed by atoms with Gasteiger partial charge >= 0.3 is 0 Å². The van der Waals surface area contributed by atoms with Gasteiger partial charge in [-0.25, -0.2) is 0 Å². The summed E-state index contributed by atoms with van der Waals surface area (Å²) in [6.45, 7) is 8.64. The minimum atomic E-state index is -0.00229. The fourth-order valence-electron chi connectivity index (χ4n) is 3.99. The van der Waals surface area contributed by atoms with Crippen LogP contribution in [0, 0.1) is 13.8 Å². The third-order valence-electron chi connectivity index (χ3n) is 5.26. The molecule has 0 aliphatic carbocycles. The predicted molar refractivity (Wildman–Crippen MR) is 119 cm³/mol. The lowest BCUT2D eigenvalue weighted by atomic mass is 9.98. The summed E-state index contributed by atoms with van der Waals surface area (Å²) in [6.07, 6.45) is 6.23. The summed E-state index contributed by atoms with van der Waals surface area (Å²) in [4.78, 5) is 6.87. The van der Waals surface area contributed by atoms with Gasteiger partial charge in [0, 0.05) is 30.3 Å². The van der Waals surface area contributed by atoms with Crippen LogP contribution in [0.25, 0.3) is 0 Å². The van der Waals surface area contributed by atoms with Crippen LogP contribution < -0.4 is 10.2 Å². The van der Waals surface area contributed by atoms with E-state index >= 15 is 0 Å². The molecule has 0 spiro atoms. The van der Waals surface area contributed by atoms with E-state index in [9.17, 15) is 0 Å². The summed E-state index contributed by atoms with van der Waals surface area (Å²) in [6, 6.07) is 15.3. The number of nitrogens with one attached hydrogen (secondary N) is 1. The van der Waals surface area contributed by atoms with E-state index in [-0.39, 0.29) is 12.1 Å². The summed E-state index contributed by atoms with van der Waals surface area (Å²) in [5, 5.41) is 4.27. The second-order valence-corrected chi connectivity index (χ2v) is 8.22. The van der Waals surface area contributed by atoms with Gasteiger partial charge in [-0.15, -0.1) is 0 Å². The molecule has 144 valence electrons. The minimum absolute atomic E-state index is 0.00229. The van der Waals surface area contributed by atoms with Gasteiger partial charge in [0.1, 0.15) is 0 Å². The molecule has 1 N–H and O–H groups in total. The van der Waals surface area contributed by atoms with Gasteiger partial charge in [-0.1, -0.05) is 12.1 Å². The number of benzene rings is 1. The number of pyridine rings is 1. The molecule has 3 heterocycles. The highest BCUT2D eigenvalue weighted by molar-refractivity contribution is 7.80. The van der Waals surface area contributed by atoms with Gasteiger partial charge in [0.2, 0.25) is 0 Å². The standard InChI is InChI=1S/C23H26N4S/c1-15(2)26-10-8-18(14-26)22-21(20-7-5-6-9-24-20)25-23(28)27(22)19-12-16(3)11-17(4)13-19/h5-15,21-22H,1-4H3,(H,25,28). The number of anilines is 1. The number of aromatic nitrogens is 2. The molecule has 0 amide bonds. The molecular formula is C23H26N4S. The molecule has 0 radical (unpaired) electrons. The molecule has 1 aromatic carbocycles. The first-order valence-electron chi connectivity index (χ1n) is 9.70. The highest BCUT2D eigenvalue weighted by Crippen LogP contribution is 2.42. The van der Waals surface area contributed by atoms with Crippen LogP contribution >= 0.6 is 12.2 Å². The van der Waals surface area contributed by atoms with Gasteiger partial charge in [-0.2, -0.15) is 0 Å². The Kier molecular flexibility index (Phi) is 4.94. The van der Waals surface area contributed by atoms with Crippen LogP contribution in [0.1, 0.15) is 54.4 Å². The van der Waals surface area contributed by atoms with Crippen molar-refractivity contribution in [3.63, 3.8) is 0 Å². The fraction of sp³-hybridized carbons (Fsp3) is 0.304. The Bertz CT molecular complexity index is 973. The molecule has 28 heavy (non-hydrogen) atoms. The topological polar surface area (TPSA) is 33.1 Å². The van der Waals surface area contributed by atoms with Gasteiger partial charge < -0.3 is 14.8 Å². The summed E-state index contributed by atoms with van der Waals surface area (Å²) >= 11 is 5.80. The smallest absolute Gasteiger partial charge is 0.174 e. The van der Waals surface area contributed by atoms with Crippen molar-refractivity contribution in [2.24, 2.45) is 0 Å². The molecule has 0 saturated carbocycles. The summed E-state index contributed by atoms with van der Waals surface area (Å²) in [5.41, 5.74) is 5.82. The van der Waals surface area contributed by atoms with E-state index in [0.29, 0.717) is 6.04 Å². The predicted octanol–water partition coefficient (Wildman–Crippen LogP) is 5.26. The average Bonchev–Trinajstić information content (AvgIpc) is 3.26. The third-order valence-corrected chi connectivity index (χ3v) is 5.57. The van der Waals surface area contributed by atoms with Crippen molar-refractivity contribution < 1.29 is 0 Å². The lowest BCUT2D eigenvalue weighted by Gasteiger charge is -2.28. The van der Waals surface area contributed by atoms with Gasteiger partial charge in [0.05, 0.1) is 17.8 Å². The van der Waals surface area contributed by atoms with Crippen molar-refractivity contribution in [2.75, 3.05) is 4.90 Å². The third kappa shape index (κ3) is 3.42. The van der Waals surface area contributed by atoms with Crippen LogP contribution in [0.4, 0.5) is 5.69 Å². The van der Waals surface area contributed by atoms with Crippen LogP contribution in [-0.2, 0) is 0 Å². The van der Waals surface area contributed by atoms with E-state index in [2.05, 4.69) is 90.2 Å². The molecule has 4 rings (SSSR count). The van der Waals surface area contributed by atoms with Crippen molar-refractivity contribution in [1.29, 1.82) is 0 Å². The maximum absolute atomic E-state index is 5.80. The second kappa shape index (κ2) is 7.40. The van der Waals surface area contributed by atoms with Gasteiger partial charge in [0.25, 0.3) is 0 Å². The molecule has 3 aromatic rings. The Morgan fingerprint density at radius 2 is 1.82 bits per heavy atom. The van der Waals surface area contributed by atoms with Crippen LogP contribution in [0.15, 0.2) is 61.1 Å². The first kappa shape index (κ1) is 18.7. The van der Waals surface area contributed by atoms with Crippen LogP contribution in [0.2, 0.25) is 0 Å². The number of aryl methyl sites for hydroxylation is 2. The highest BCUT2D eigenvalue weighted by atomic mass is 32.1. The van der Waals surface area contributed by atoms with E-state index in [4.69, 9.17) is 12.2 Å². The monoisotopic (exact) mass is 390 g/mol.